The minimum absolute atomic E-state index is 0.0331. The highest BCUT2D eigenvalue weighted by Crippen LogP contribution is 2.29. The molecule has 1 aromatic heterocycles. The average molecular weight is 395 g/mol. The number of aromatic nitrogens is 1. The number of hydrogen-bond acceptors (Lipinski definition) is 4. The van der Waals surface area contributed by atoms with Gasteiger partial charge in [-0.2, -0.15) is 4.31 Å². The van der Waals surface area contributed by atoms with E-state index in [0.717, 1.165) is 32.4 Å². The Labute approximate surface area is 138 Å². The molecule has 2 fully saturated rings. The van der Waals surface area contributed by atoms with Crippen LogP contribution in [0.1, 0.15) is 19.3 Å². The highest BCUT2D eigenvalue weighted by Gasteiger charge is 2.35. The highest BCUT2D eigenvalue weighted by molar-refractivity contribution is 9.10. The van der Waals surface area contributed by atoms with Gasteiger partial charge in [0.25, 0.3) is 0 Å². The fourth-order valence-electron chi connectivity index (χ4n) is 3.12. The van der Waals surface area contributed by atoms with E-state index < -0.39 is 10.0 Å². The summed E-state index contributed by atoms with van der Waals surface area (Å²) in [5, 5.41) is 0.0331. The maximum atomic E-state index is 12.9. The van der Waals surface area contributed by atoms with Gasteiger partial charge in [0, 0.05) is 29.8 Å². The monoisotopic (exact) mass is 393 g/mol. The third kappa shape index (κ3) is 3.12. The van der Waals surface area contributed by atoms with Crippen molar-refractivity contribution >= 4 is 37.6 Å². The molecule has 2 aliphatic rings. The summed E-state index contributed by atoms with van der Waals surface area (Å²) >= 11 is 9.26. The van der Waals surface area contributed by atoms with E-state index in [1.54, 1.807) is 4.31 Å². The topological polar surface area (TPSA) is 53.5 Å². The van der Waals surface area contributed by atoms with Crippen molar-refractivity contribution in [1.82, 2.24) is 14.2 Å². The third-order valence-electron chi connectivity index (χ3n) is 4.16. The lowest BCUT2D eigenvalue weighted by atomic mass is 10.2. The van der Waals surface area contributed by atoms with E-state index in [-0.39, 0.29) is 10.0 Å². The molecule has 0 spiro atoms. The smallest absolute Gasteiger partial charge is 0.246 e. The quantitative estimate of drug-likeness (QED) is 0.723. The van der Waals surface area contributed by atoms with Crippen molar-refractivity contribution in [3.63, 3.8) is 0 Å². The Morgan fingerprint density at radius 1 is 1.29 bits per heavy atom. The van der Waals surface area contributed by atoms with Gasteiger partial charge in [-0.15, -0.1) is 0 Å². The summed E-state index contributed by atoms with van der Waals surface area (Å²) in [5.74, 6) is 0. The van der Waals surface area contributed by atoms with Gasteiger partial charge in [0.2, 0.25) is 10.0 Å². The second-order valence-corrected chi connectivity index (χ2v) is 8.67. The summed E-state index contributed by atoms with van der Waals surface area (Å²) in [5.41, 5.74) is 0. The van der Waals surface area contributed by atoms with Gasteiger partial charge in [-0.25, -0.2) is 13.4 Å². The van der Waals surface area contributed by atoms with Crippen LogP contribution in [-0.4, -0.2) is 54.8 Å². The van der Waals surface area contributed by atoms with Gasteiger partial charge in [0.05, 0.1) is 0 Å². The van der Waals surface area contributed by atoms with Crippen LogP contribution in [0.25, 0.3) is 0 Å². The molecule has 0 N–H and O–H groups in total. The van der Waals surface area contributed by atoms with Crippen molar-refractivity contribution in [3.05, 3.63) is 21.9 Å². The van der Waals surface area contributed by atoms with Crippen LogP contribution in [0.4, 0.5) is 0 Å². The zero-order chi connectivity index (χ0) is 15.0. The first-order valence-electron chi connectivity index (χ1n) is 7.04. The summed E-state index contributed by atoms with van der Waals surface area (Å²) in [6.07, 6.45) is 4.57. The van der Waals surface area contributed by atoms with Crippen molar-refractivity contribution in [2.24, 2.45) is 0 Å². The Bertz CT molecular complexity index is 640. The van der Waals surface area contributed by atoms with Gasteiger partial charge in [-0.3, -0.25) is 4.90 Å². The Kier molecular flexibility index (Phi) is 4.57. The highest BCUT2D eigenvalue weighted by atomic mass is 79.9. The van der Waals surface area contributed by atoms with E-state index in [1.807, 2.05) is 0 Å². The fraction of sp³-hybridized carbons (Fsp3) is 0.615. The molecule has 5 nitrogen and oxygen atoms in total. The number of nitrogens with zero attached hydrogens (tertiary/aromatic N) is 3. The van der Waals surface area contributed by atoms with Crippen LogP contribution >= 0.6 is 27.5 Å². The molecule has 21 heavy (non-hydrogen) atoms. The second kappa shape index (κ2) is 6.12. The van der Waals surface area contributed by atoms with Gasteiger partial charge < -0.3 is 0 Å². The van der Waals surface area contributed by atoms with Gasteiger partial charge in [0.1, 0.15) is 10.0 Å². The van der Waals surface area contributed by atoms with Gasteiger partial charge in [-0.1, -0.05) is 11.6 Å². The first kappa shape index (κ1) is 15.7. The minimum Gasteiger partial charge on any atom is -0.299 e. The summed E-state index contributed by atoms with van der Waals surface area (Å²) in [6, 6.07) is 1.86. The molecule has 3 rings (SSSR count). The number of halogens is 2. The number of pyridine rings is 1. The molecule has 0 saturated carbocycles. The van der Waals surface area contributed by atoms with E-state index in [0.29, 0.717) is 23.6 Å². The van der Waals surface area contributed by atoms with Crippen molar-refractivity contribution in [1.29, 1.82) is 0 Å². The maximum absolute atomic E-state index is 12.9. The molecule has 8 heteroatoms. The lowest BCUT2D eigenvalue weighted by Gasteiger charge is -2.25. The van der Waals surface area contributed by atoms with Crippen LogP contribution in [-0.2, 0) is 10.0 Å². The zero-order valence-corrected chi connectivity index (χ0v) is 14.7. The van der Waals surface area contributed by atoms with Crippen LogP contribution in [0.2, 0.25) is 5.15 Å². The number of fused-ring (bicyclic) bond motifs is 1. The van der Waals surface area contributed by atoms with Crippen LogP contribution in [0.3, 0.4) is 0 Å². The first-order valence-corrected chi connectivity index (χ1v) is 9.65. The Balaban J connectivity index is 1.92. The molecule has 1 unspecified atom stereocenters. The molecule has 2 saturated heterocycles. The molecule has 0 bridgehead atoms. The largest absolute Gasteiger partial charge is 0.299 e. The lowest BCUT2D eigenvalue weighted by Crippen LogP contribution is -2.39. The maximum Gasteiger partial charge on any atom is 0.246 e. The molecular weight excluding hydrogens is 378 g/mol. The summed E-state index contributed by atoms with van der Waals surface area (Å²) < 4.78 is 27.9. The Hall–Kier alpha value is -0.210. The molecule has 2 aliphatic heterocycles. The van der Waals surface area contributed by atoms with Crippen molar-refractivity contribution in [2.75, 3.05) is 26.2 Å². The zero-order valence-electron chi connectivity index (χ0n) is 11.5. The summed E-state index contributed by atoms with van der Waals surface area (Å²) in [7, 11) is -3.59. The first-order chi connectivity index (χ1) is 9.98. The molecule has 1 atom stereocenters. The predicted molar refractivity (Wildman–Crippen MR) is 84.9 cm³/mol. The van der Waals surface area contributed by atoms with Crippen molar-refractivity contribution in [3.8, 4) is 0 Å². The average Bonchev–Trinajstić information content (AvgIpc) is 2.78. The van der Waals surface area contributed by atoms with Gasteiger partial charge in [-0.05, 0) is 54.3 Å². The minimum atomic E-state index is -3.59. The van der Waals surface area contributed by atoms with Gasteiger partial charge >= 0.3 is 0 Å². The molecule has 0 radical (unpaired) electrons. The van der Waals surface area contributed by atoms with E-state index in [1.165, 1.54) is 12.3 Å². The van der Waals surface area contributed by atoms with Gasteiger partial charge in [0.15, 0.2) is 0 Å². The number of hydrogen-bond donors (Lipinski definition) is 0. The molecule has 0 aliphatic carbocycles. The standard InChI is InChI=1S/C13H17BrClN3O2S/c14-10-7-12(13(15)16-8-10)21(19,20)18-6-2-5-17-4-1-3-11(17)9-18/h7-8,11H,1-6,9H2. The van der Waals surface area contributed by atoms with E-state index >= 15 is 0 Å². The molecule has 1 aromatic rings. The second-order valence-electron chi connectivity index (χ2n) is 5.49. The van der Waals surface area contributed by atoms with Crippen molar-refractivity contribution in [2.45, 2.75) is 30.2 Å². The predicted octanol–water partition coefficient (Wildman–Crippen LogP) is 2.36. The van der Waals surface area contributed by atoms with Crippen molar-refractivity contribution < 1.29 is 8.42 Å². The Morgan fingerprint density at radius 2 is 2.05 bits per heavy atom. The van der Waals surface area contributed by atoms with E-state index in [4.69, 9.17) is 11.6 Å². The summed E-state index contributed by atoms with van der Waals surface area (Å²) in [4.78, 5) is 6.42. The molecule has 3 heterocycles. The molecule has 0 amide bonds. The lowest BCUT2D eigenvalue weighted by molar-refractivity contribution is 0.257. The Morgan fingerprint density at radius 3 is 2.86 bits per heavy atom. The van der Waals surface area contributed by atoms with Crippen LogP contribution in [0.15, 0.2) is 21.6 Å². The SMILES string of the molecule is O=S(=O)(c1cc(Br)cnc1Cl)N1CCCN2CCCC2C1. The number of rotatable bonds is 2. The van der Waals surface area contributed by atoms with E-state index in [2.05, 4.69) is 25.8 Å². The van der Waals surface area contributed by atoms with E-state index in [9.17, 15) is 8.42 Å². The number of sulfonamides is 1. The summed E-state index contributed by atoms with van der Waals surface area (Å²) in [6.45, 7) is 3.14. The normalized spacial score (nSPS) is 24.8. The van der Waals surface area contributed by atoms with Crippen LogP contribution in [0, 0.1) is 0 Å². The fourth-order valence-corrected chi connectivity index (χ4v) is 5.55. The van der Waals surface area contributed by atoms with Crippen LogP contribution in [0.5, 0.6) is 0 Å². The molecule has 0 aromatic carbocycles. The molecular formula is C13H17BrClN3O2S. The van der Waals surface area contributed by atoms with Crippen LogP contribution < -0.4 is 0 Å². The molecule has 116 valence electrons. The third-order valence-corrected chi connectivity index (χ3v) is 6.88.